The van der Waals surface area contributed by atoms with E-state index in [9.17, 15) is 33.9 Å². The van der Waals surface area contributed by atoms with Crippen LogP contribution in [-0.2, 0) is 41.7 Å². The first-order valence-electron chi connectivity index (χ1n) is 21.3. The van der Waals surface area contributed by atoms with Crippen molar-refractivity contribution in [3.63, 3.8) is 0 Å². The van der Waals surface area contributed by atoms with Gasteiger partial charge in [-0.05, 0) is 76.0 Å². The second kappa shape index (κ2) is 22.0. The van der Waals surface area contributed by atoms with Gasteiger partial charge in [-0.3, -0.25) is 29.1 Å². The molecule has 3 N–H and O–H groups in total. The molecule has 1 fully saturated rings. The zero-order chi connectivity index (χ0) is 45.7. The molecule has 1 saturated heterocycles. The molecule has 2 heterocycles. The first kappa shape index (κ1) is 47.5. The topological polar surface area (TPSA) is 194 Å². The number of para-hydroxylation sites is 1. The molecule has 0 radical (unpaired) electrons. The van der Waals surface area contributed by atoms with Gasteiger partial charge in [-0.15, -0.1) is 0 Å². The molecule has 3 aromatic carbocycles. The van der Waals surface area contributed by atoms with E-state index in [1.165, 1.54) is 11.1 Å². The number of likely N-dealkylation sites (tertiary alicyclic amines) is 1. The highest BCUT2D eigenvalue weighted by Gasteiger charge is 2.40. The Morgan fingerprint density at radius 2 is 1.54 bits per heavy atom. The largest absolute Gasteiger partial charge is 0.489 e. The fourth-order valence-corrected chi connectivity index (χ4v) is 7.42. The molecule has 4 aromatic rings. The van der Waals surface area contributed by atoms with Crippen LogP contribution in [0.5, 0.6) is 5.75 Å². The number of piperidine rings is 1. The minimum Gasteiger partial charge on any atom is -0.489 e. The van der Waals surface area contributed by atoms with E-state index in [0.29, 0.717) is 55.1 Å². The van der Waals surface area contributed by atoms with Gasteiger partial charge in [0.25, 0.3) is 5.91 Å². The predicted molar refractivity (Wildman–Crippen MR) is 236 cm³/mol. The number of aromatic nitrogens is 1. The zero-order valence-electron chi connectivity index (χ0n) is 36.9. The van der Waals surface area contributed by atoms with Crippen molar-refractivity contribution in [1.29, 1.82) is 0 Å². The van der Waals surface area contributed by atoms with Gasteiger partial charge in [-0.25, -0.2) is 9.59 Å². The number of aliphatic carboxylic acids is 1. The van der Waals surface area contributed by atoms with Gasteiger partial charge in [-0.1, -0.05) is 92.7 Å². The Labute approximate surface area is 368 Å². The van der Waals surface area contributed by atoms with Crippen molar-refractivity contribution in [3.05, 3.63) is 108 Å². The van der Waals surface area contributed by atoms with Gasteiger partial charge in [0.05, 0.1) is 29.7 Å². The maximum atomic E-state index is 14.4. The van der Waals surface area contributed by atoms with Crippen molar-refractivity contribution in [3.8, 4) is 5.75 Å². The number of fused-ring (bicyclic) bond motifs is 1. The molecule has 4 atom stereocenters. The van der Waals surface area contributed by atoms with Crippen molar-refractivity contribution in [2.75, 3.05) is 20.2 Å². The number of carboxylic acids is 1. The Hall–Kier alpha value is -6.51. The molecule has 4 amide bonds. The predicted octanol–water partition coefficient (Wildman–Crippen LogP) is 6.32. The van der Waals surface area contributed by atoms with Gasteiger partial charge in [0.1, 0.15) is 36.9 Å². The fourth-order valence-electron chi connectivity index (χ4n) is 7.42. The van der Waals surface area contributed by atoms with Crippen LogP contribution in [0.3, 0.4) is 0 Å². The fraction of sp³-hybridized carbons (Fsp3) is 0.438. The van der Waals surface area contributed by atoms with Crippen molar-refractivity contribution in [2.45, 2.75) is 110 Å². The number of hydrogen-bond acceptors (Lipinski definition) is 10. The van der Waals surface area contributed by atoms with Crippen molar-refractivity contribution in [2.24, 2.45) is 5.92 Å². The number of ether oxygens (including phenoxy) is 3. The van der Waals surface area contributed by atoms with Crippen LogP contribution in [0.1, 0.15) is 88.2 Å². The molecule has 15 heteroatoms. The molecule has 0 aliphatic carbocycles. The minimum absolute atomic E-state index is 0.00555. The van der Waals surface area contributed by atoms with Crippen LogP contribution in [0.15, 0.2) is 91.1 Å². The minimum atomic E-state index is -1.53. The number of carboxylic acid groups (broad SMARTS) is 1. The van der Waals surface area contributed by atoms with E-state index >= 15 is 0 Å². The normalized spacial score (nSPS) is 15.4. The first-order valence-corrected chi connectivity index (χ1v) is 21.3. The lowest BCUT2D eigenvalue weighted by Gasteiger charge is -2.40. The van der Waals surface area contributed by atoms with Crippen LogP contribution < -0.4 is 15.4 Å². The lowest BCUT2D eigenvalue weighted by Crippen LogP contribution is -2.59. The maximum absolute atomic E-state index is 14.4. The Bertz CT molecular complexity index is 2210. The van der Waals surface area contributed by atoms with Gasteiger partial charge in [0, 0.05) is 19.0 Å². The molecular formula is C48H59N5O10. The molecule has 15 nitrogen and oxygen atoms in total. The second-order valence-electron chi connectivity index (χ2n) is 17.2. The molecule has 1 aliphatic rings. The van der Waals surface area contributed by atoms with E-state index in [2.05, 4.69) is 15.6 Å². The summed E-state index contributed by atoms with van der Waals surface area (Å²) in [6.07, 6.45) is 2.50. The van der Waals surface area contributed by atoms with E-state index in [4.69, 9.17) is 14.2 Å². The highest BCUT2D eigenvalue weighted by atomic mass is 16.6. The molecule has 336 valence electrons. The van der Waals surface area contributed by atoms with Crippen LogP contribution in [0, 0.1) is 5.92 Å². The molecular weight excluding hydrogens is 807 g/mol. The molecule has 1 aromatic heterocycles. The highest BCUT2D eigenvalue weighted by molar-refractivity contribution is 6.09. The molecule has 63 heavy (non-hydrogen) atoms. The van der Waals surface area contributed by atoms with E-state index in [1.807, 2.05) is 50.2 Å². The van der Waals surface area contributed by atoms with Gasteiger partial charge in [0.2, 0.25) is 11.8 Å². The van der Waals surface area contributed by atoms with Gasteiger partial charge < -0.3 is 34.9 Å². The van der Waals surface area contributed by atoms with E-state index < -0.39 is 66.0 Å². The summed E-state index contributed by atoms with van der Waals surface area (Å²) < 4.78 is 17.4. The Morgan fingerprint density at radius 1 is 0.889 bits per heavy atom. The first-order chi connectivity index (χ1) is 30.0. The number of amides is 4. The lowest BCUT2D eigenvalue weighted by molar-refractivity contribution is -0.151. The van der Waals surface area contributed by atoms with Crippen LogP contribution in [0.4, 0.5) is 4.79 Å². The summed E-state index contributed by atoms with van der Waals surface area (Å²) in [5, 5.41) is 15.7. The number of likely N-dealkylation sites (N-methyl/N-ethyl adjacent to an activating group) is 1. The average molecular weight is 866 g/mol. The SMILES string of the molecule is CC(C)C[C@@H](C(=O)N1CCCC[C@@H]1C(=O)N[C@@H](COc1cnc2ccccc2c1C(=O)N[C@@H](CC(=O)O)C(=O)OCc1ccccc1)Cc1ccccc1)N(C)C(=O)OC(C)(C)C. The maximum Gasteiger partial charge on any atom is 0.410 e. The summed E-state index contributed by atoms with van der Waals surface area (Å²) in [7, 11) is 1.55. The third kappa shape index (κ3) is 13.7. The monoisotopic (exact) mass is 865 g/mol. The van der Waals surface area contributed by atoms with Crippen LogP contribution in [-0.4, -0.2) is 106 Å². The van der Waals surface area contributed by atoms with Crippen molar-refractivity contribution < 1.29 is 48.1 Å². The number of nitrogens with one attached hydrogen (secondary N) is 2. The highest BCUT2D eigenvalue weighted by Crippen LogP contribution is 2.28. The lowest BCUT2D eigenvalue weighted by atomic mass is 9.96. The smallest absolute Gasteiger partial charge is 0.410 e. The number of esters is 1. The summed E-state index contributed by atoms with van der Waals surface area (Å²) >= 11 is 0. The number of carbonyl (C=O) groups is 6. The van der Waals surface area contributed by atoms with Crippen molar-refractivity contribution in [1.82, 2.24) is 25.4 Å². The number of pyridine rings is 1. The van der Waals surface area contributed by atoms with E-state index in [1.54, 1.807) is 81.2 Å². The van der Waals surface area contributed by atoms with Crippen LogP contribution >= 0.6 is 0 Å². The van der Waals surface area contributed by atoms with E-state index in [-0.39, 0.29) is 36.4 Å². The number of hydrogen-bond donors (Lipinski definition) is 3. The van der Waals surface area contributed by atoms with Gasteiger partial charge >= 0.3 is 18.0 Å². The summed E-state index contributed by atoms with van der Waals surface area (Å²) in [4.78, 5) is 88.7. The molecule has 0 saturated carbocycles. The second-order valence-corrected chi connectivity index (χ2v) is 17.2. The quantitative estimate of drug-likeness (QED) is 0.0948. The Balaban J connectivity index is 1.39. The van der Waals surface area contributed by atoms with Gasteiger partial charge in [0.15, 0.2) is 5.75 Å². The van der Waals surface area contributed by atoms with Crippen LogP contribution in [0.25, 0.3) is 10.9 Å². The third-order valence-corrected chi connectivity index (χ3v) is 10.5. The molecule has 5 rings (SSSR count). The molecule has 1 aliphatic heterocycles. The average Bonchev–Trinajstić information content (AvgIpc) is 3.25. The summed E-state index contributed by atoms with van der Waals surface area (Å²) in [6.45, 7) is 9.27. The standard InChI is InChI=1S/C48H59N5O10/c1-31(2)25-39(52(6)47(60)63-48(3,4)5)45(58)53-24-16-15-23-38(53)43(56)50-34(26-32-17-9-7-10-18-32)30-61-40-28-49-36-22-14-13-21-35(36)42(40)44(57)51-37(27-41(54)55)46(59)62-29-33-19-11-8-12-20-33/h7-14,17-22,28,31,34,37-39H,15-16,23-27,29-30H2,1-6H3,(H,50,56)(H,51,57)(H,54,55)/t34-,37+,38-,39+/m1/s1. The number of carbonyl (C=O) groups excluding carboxylic acids is 5. The van der Waals surface area contributed by atoms with Crippen molar-refractivity contribution >= 4 is 46.7 Å². The van der Waals surface area contributed by atoms with Gasteiger partial charge in [-0.2, -0.15) is 0 Å². The molecule has 0 bridgehead atoms. The van der Waals surface area contributed by atoms with E-state index in [0.717, 1.165) is 5.56 Å². The Morgan fingerprint density at radius 3 is 2.19 bits per heavy atom. The number of rotatable bonds is 18. The number of benzene rings is 3. The number of nitrogens with zero attached hydrogens (tertiary/aromatic N) is 3. The zero-order valence-corrected chi connectivity index (χ0v) is 36.9. The Kier molecular flexibility index (Phi) is 16.6. The molecule has 0 spiro atoms. The van der Waals surface area contributed by atoms with Crippen LogP contribution in [0.2, 0.25) is 0 Å². The molecule has 0 unspecified atom stereocenters. The third-order valence-electron chi connectivity index (χ3n) is 10.5. The summed E-state index contributed by atoms with van der Waals surface area (Å²) in [6, 6.07) is 21.2. The summed E-state index contributed by atoms with van der Waals surface area (Å²) in [5.41, 5.74) is 1.25. The summed E-state index contributed by atoms with van der Waals surface area (Å²) in [5.74, 6) is -3.69.